The van der Waals surface area contributed by atoms with E-state index in [2.05, 4.69) is 25.6 Å². The van der Waals surface area contributed by atoms with Crippen molar-refractivity contribution >= 4 is 33.6 Å². The van der Waals surface area contributed by atoms with Gasteiger partial charge in [0.05, 0.1) is 11.5 Å². The van der Waals surface area contributed by atoms with E-state index in [0.29, 0.717) is 18.2 Å². The van der Waals surface area contributed by atoms with Gasteiger partial charge >= 0.3 is 0 Å². The van der Waals surface area contributed by atoms with E-state index in [1.54, 1.807) is 12.3 Å². The number of nitrogens with zero attached hydrogens (tertiary/aromatic N) is 1. The number of pyridine rings is 1. The average Bonchev–Trinajstić information content (AvgIpc) is 2.41. The number of ether oxygens (including phenoxy) is 1. The van der Waals surface area contributed by atoms with Gasteiger partial charge in [0.15, 0.2) is 0 Å². The third-order valence-corrected chi connectivity index (χ3v) is 3.57. The second-order valence-electron chi connectivity index (χ2n) is 3.72. The van der Waals surface area contributed by atoms with Crippen molar-refractivity contribution in [2.45, 2.75) is 11.8 Å². The van der Waals surface area contributed by atoms with Gasteiger partial charge in [0.2, 0.25) is 5.88 Å². The number of nitrogens with one attached hydrogen (secondary N) is 1. The second-order valence-corrected chi connectivity index (χ2v) is 5.48. The van der Waals surface area contributed by atoms with Crippen LogP contribution in [0.4, 0.5) is 14.5 Å². The highest BCUT2D eigenvalue weighted by molar-refractivity contribution is 9.10. The zero-order chi connectivity index (χ0) is 14.5. The molecule has 2 rings (SSSR count). The van der Waals surface area contributed by atoms with Crippen molar-refractivity contribution in [1.82, 2.24) is 4.98 Å². The van der Waals surface area contributed by atoms with Gasteiger partial charge in [-0.2, -0.15) is 0 Å². The molecule has 3 nitrogen and oxygen atoms in total. The van der Waals surface area contributed by atoms with Crippen LogP contribution in [0.5, 0.6) is 5.88 Å². The number of halogens is 3. The number of rotatable bonds is 5. The van der Waals surface area contributed by atoms with Crippen LogP contribution in [0, 0.1) is 11.6 Å². The highest BCUT2D eigenvalue weighted by Crippen LogP contribution is 2.31. The fourth-order valence-electron chi connectivity index (χ4n) is 1.42. The molecule has 20 heavy (non-hydrogen) atoms. The summed E-state index contributed by atoms with van der Waals surface area (Å²) in [7, 11) is 0. The lowest BCUT2D eigenvalue weighted by atomic mass is 10.3. The number of benzene rings is 1. The lowest BCUT2D eigenvalue weighted by Gasteiger charge is -2.11. The van der Waals surface area contributed by atoms with Crippen LogP contribution in [0.15, 0.2) is 39.8 Å². The molecule has 0 saturated heterocycles. The normalized spacial score (nSPS) is 10.4. The van der Waals surface area contributed by atoms with Gasteiger partial charge < -0.3 is 9.46 Å². The molecule has 1 heterocycles. The van der Waals surface area contributed by atoms with Gasteiger partial charge in [-0.25, -0.2) is 13.8 Å². The van der Waals surface area contributed by atoms with Gasteiger partial charge in [-0.15, -0.1) is 0 Å². The molecule has 7 heteroatoms. The van der Waals surface area contributed by atoms with E-state index in [1.807, 2.05) is 6.92 Å². The first-order chi connectivity index (χ1) is 9.60. The van der Waals surface area contributed by atoms with E-state index in [-0.39, 0.29) is 4.90 Å². The smallest absolute Gasteiger partial charge is 0.238 e. The molecule has 106 valence electrons. The molecule has 0 saturated carbocycles. The van der Waals surface area contributed by atoms with Crippen molar-refractivity contribution in [1.29, 1.82) is 0 Å². The molecule has 0 spiro atoms. The SMILES string of the molecule is CCOc1ncc(Br)cc1NSc1ccc(F)cc1F. The quantitative estimate of drug-likeness (QED) is 0.787. The first-order valence-electron chi connectivity index (χ1n) is 5.76. The third-order valence-electron chi connectivity index (χ3n) is 2.26. The highest BCUT2D eigenvalue weighted by Gasteiger charge is 2.09. The molecule has 0 unspecified atom stereocenters. The number of hydrogen-bond acceptors (Lipinski definition) is 4. The van der Waals surface area contributed by atoms with Crippen LogP contribution in [0.2, 0.25) is 0 Å². The molecule has 1 aromatic carbocycles. The maximum atomic E-state index is 13.5. The Morgan fingerprint density at radius 1 is 1.35 bits per heavy atom. The summed E-state index contributed by atoms with van der Waals surface area (Å²) >= 11 is 4.33. The Labute approximate surface area is 128 Å². The van der Waals surface area contributed by atoms with Gasteiger partial charge in [-0.1, -0.05) is 0 Å². The summed E-state index contributed by atoms with van der Waals surface area (Å²) in [6, 6.07) is 5.18. The van der Waals surface area contributed by atoms with Crippen LogP contribution in [-0.2, 0) is 0 Å². The van der Waals surface area contributed by atoms with E-state index in [9.17, 15) is 8.78 Å². The molecule has 0 aliphatic rings. The largest absolute Gasteiger partial charge is 0.476 e. The molecule has 0 bridgehead atoms. The predicted molar refractivity (Wildman–Crippen MR) is 78.9 cm³/mol. The monoisotopic (exact) mass is 360 g/mol. The van der Waals surface area contributed by atoms with Crippen LogP contribution in [0.25, 0.3) is 0 Å². The van der Waals surface area contributed by atoms with Crippen LogP contribution in [-0.4, -0.2) is 11.6 Å². The minimum atomic E-state index is -0.622. The fraction of sp³-hybridized carbons (Fsp3) is 0.154. The van der Waals surface area contributed by atoms with Crippen LogP contribution in [0.3, 0.4) is 0 Å². The minimum Gasteiger partial charge on any atom is -0.476 e. The second kappa shape index (κ2) is 6.90. The molecule has 0 radical (unpaired) electrons. The number of anilines is 1. The van der Waals surface area contributed by atoms with Crippen molar-refractivity contribution in [3.8, 4) is 5.88 Å². The summed E-state index contributed by atoms with van der Waals surface area (Å²) in [4.78, 5) is 4.40. The maximum absolute atomic E-state index is 13.5. The number of hydrogen-bond donors (Lipinski definition) is 1. The third kappa shape index (κ3) is 3.83. The van der Waals surface area contributed by atoms with Gasteiger partial charge in [0.1, 0.15) is 17.3 Å². The standard InChI is InChI=1S/C13H11BrF2N2OS/c1-2-19-13-11(5-8(14)7-17-13)18-20-12-4-3-9(15)6-10(12)16/h3-7,18H,2H2,1H3. The van der Waals surface area contributed by atoms with Gasteiger partial charge in [0, 0.05) is 16.7 Å². The molecule has 2 aromatic rings. The summed E-state index contributed by atoms with van der Waals surface area (Å²) in [5, 5.41) is 0. The predicted octanol–water partition coefficient (Wildman–Crippen LogP) is 4.64. The van der Waals surface area contributed by atoms with E-state index >= 15 is 0 Å². The van der Waals surface area contributed by atoms with Crippen molar-refractivity contribution in [3.05, 3.63) is 46.6 Å². The summed E-state index contributed by atoms with van der Waals surface area (Å²) in [6.45, 7) is 2.32. The lowest BCUT2D eigenvalue weighted by molar-refractivity contribution is 0.329. The summed E-state index contributed by atoms with van der Waals surface area (Å²) in [5.41, 5.74) is 0.606. The maximum Gasteiger partial charge on any atom is 0.238 e. The van der Waals surface area contributed by atoms with Gasteiger partial charge in [-0.3, -0.25) is 0 Å². The molecule has 0 fully saturated rings. The Kier molecular flexibility index (Phi) is 5.19. The molecule has 0 aliphatic carbocycles. The Hall–Kier alpha value is -1.34. The molecular weight excluding hydrogens is 350 g/mol. The lowest BCUT2D eigenvalue weighted by Crippen LogP contribution is -1.99. The van der Waals surface area contributed by atoms with Crippen molar-refractivity contribution in [2.24, 2.45) is 0 Å². The molecule has 0 atom stereocenters. The van der Waals surface area contributed by atoms with E-state index in [4.69, 9.17) is 4.74 Å². The highest BCUT2D eigenvalue weighted by atomic mass is 79.9. The van der Waals surface area contributed by atoms with Crippen LogP contribution in [0.1, 0.15) is 6.92 Å². The Bertz CT molecular complexity index is 613. The topological polar surface area (TPSA) is 34.1 Å². The van der Waals surface area contributed by atoms with Crippen LogP contribution >= 0.6 is 27.9 Å². The van der Waals surface area contributed by atoms with Crippen molar-refractivity contribution in [2.75, 3.05) is 11.3 Å². The average molecular weight is 361 g/mol. The molecule has 0 amide bonds. The minimum absolute atomic E-state index is 0.286. The Morgan fingerprint density at radius 3 is 2.85 bits per heavy atom. The molecule has 1 aromatic heterocycles. The van der Waals surface area contributed by atoms with Crippen molar-refractivity contribution < 1.29 is 13.5 Å². The molecular formula is C13H11BrF2N2OS. The zero-order valence-corrected chi connectivity index (χ0v) is 12.9. The van der Waals surface area contributed by atoms with E-state index < -0.39 is 11.6 Å². The summed E-state index contributed by atoms with van der Waals surface area (Å²) in [6.07, 6.45) is 1.61. The molecule has 1 N–H and O–H groups in total. The fourth-order valence-corrected chi connectivity index (χ4v) is 2.41. The van der Waals surface area contributed by atoms with Gasteiger partial charge in [-0.05, 0) is 53.0 Å². The Morgan fingerprint density at radius 2 is 2.15 bits per heavy atom. The zero-order valence-electron chi connectivity index (χ0n) is 10.5. The number of aromatic nitrogens is 1. The van der Waals surface area contributed by atoms with Gasteiger partial charge in [0.25, 0.3) is 0 Å². The van der Waals surface area contributed by atoms with Crippen molar-refractivity contribution in [3.63, 3.8) is 0 Å². The summed E-state index contributed by atoms with van der Waals surface area (Å²) in [5.74, 6) is -0.805. The Balaban J connectivity index is 2.15. The first kappa shape index (κ1) is 15.1. The van der Waals surface area contributed by atoms with Crippen LogP contribution < -0.4 is 9.46 Å². The molecule has 0 aliphatic heterocycles. The first-order valence-corrected chi connectivity index (χ1v) is 7.37. The summed E-state index contributed by atoms with van der Waals surface area (Å²) < 4.78 is 35.4. The van der Waals surface area contributed by atoms with E-state index in [0.717, 1.165) is 22.5 Å². The van der Waals surface area contributed by atoms with E-state index in [1.165, 1.54) is 12.1 Å².